The van der Waals surface area contributed by atoms with Crippen LogP contribution in [0.4, 0.5) is 17.6 Å². The SMILES string of the molecule is C/C(N)=N/N(N)Cc1cc(C(F)(F)F)ccc1/C=C/C(=O)N1CCN(Cc2ccc(OCCOCCF)cn2)C[C@H]1C. The molecule has 1 aliphatic heterocycles. The second kappa shape index (κ2) is 15.5. The van der Waals surface area contributed by atoms with Crippen LogP contribution in [0.1, 0.15) is 36.2 Å². The van der Waals surface area contributed by atoms with Crippen molar-refractivity contribution in [1.82, 2.24) is 19.9 Å². The van der Waals surface area contributed by atoms with Crippen LogP contribution in [0.15, 0.2) is 47.7 Å². The van der Waals surface area contributed by atoms with Gasteiger partial charge in [-0.3, -0.25) is 14.7 Å². The average molecular weight is 596 g/mol. The maximum Gasteiger partial charge on any atom is 0.416 e. The molecule has 42 heavy (non-hydrogen) atoms. The molecule has 0 unspecified atom stereocenters. The zero-order valence-corrected chi connectivity index (χ0v) is 23.7. The highest BCUT2D eigenvalue weighted by molar-refractivity contribution is 5.92. The minimum Gasteiger partial charge on any atom is -0.490 e. The number of amides is 1. The van der Waals surface area contributed by atoms with Crippen LogP contribution in [0.5, 0.6) is 5.75 Å². The van der Waals surface area contributed by atoms with Gasteiger partial charge in [-0.25, -0.2) is 15.4 Å². The Hall–Kier alpha value is -3.75. The van der Waals surface area contributed by atoms with E-state index in [-0.39, 0.29) is 36.5 Å². The fourth-order valence-corrected chi connectivity index (χ4v) is 4.45. The summed E-state index contributed by atoms with van der Waals surface area (Å²) in [7, 11) is 0. The molecule has 10 nitrogen and oxygen atoms in total. The van der Waals surface area contributed by atoms with Gasteiger partial charge in [-0.2, -0.15) is 13.2 Å². The minimum atomic E-state index is -4.54. The zero-order valence-electron chi connectivity index (χ0n) is 23.7. The van der Waals surface area contributed by atoms with Crippen LogP contribution < -0.4 is 16.3 Å². The van der Waals surface area contributed by atoms with E-state index < -0.39 is 18.4 Å². The molecule has 4 N–H and O–H groups in total. The molecule has 1 fully saturated rings. The summed E-state index contributed by atoms with van der Waals surface area (Å²) in [6.07, 6.45) is -0.0576. The number of nitrogens with two attached hydrogens (primary N) is 2. The number of hydrogen-bond donors (Lipinski definition) is 2. The molecule has 14 heteroatoms. The molecule has 0 spiro atoms. The number of ether oxygens (including phenoxy) is 2. The first-order valence-electron chi connectivity index (χ1n) is 13.4. The van der Waals surface area contributed by atoms with E-state index in [1.54, 1.807) is 11.1 Å². The van der Waals surface area contributed by atoms with Crippen molar-refractivity contribution >= 4 is 17.8 Å². The first kappa shape index (κ1) is 32.8. The van der Waals surface area contributed by atoms with Crippen LogP contribution in [0.25, 0.3) is 6.08 Å². The summed E-state index contributed by atoms with van der Waals surface area (Å²) in [5.41, 5.74) is 6.20. The van der Waals surface area contributed by atoms with Gasteiger partial charge < -0.3 is 20.1 Å². The Morgan fingerprint density at radius 3 is 2.64 bits per heavy atom. The Morgan fingerprint density at radius 2 is 2.00 bits per heavy atom. The largest absolute Gasteiger partial charge is 0.490 e. The molecular formula is C28H37F4N7O3. The summed E-state index contributed by atoms with van der Waals surface area (Å²) in [6, 6.07) is 6.84. The van der Waals surface area contributed by atoms with Crippen molar-refractivity contribution in [3.05, 3.63) is 65.0 Å². The van der Waals surface area contributed by atoms with Crippen molar-refractivity contribution in [3.63, 3.8) is 0 Å². The molecular weight excluding hydrogens is 558 g/mol. The Bertz CT molecular complexity index is 1220. The van der Waals surface area contributed by atoms with Crippen LogP contribution in [-0.4, -0.2) is 83.8 Å². The molecule has 1 saturated heterocycles. The van der Waals surface area contributed by atoms with Crippen LogP contribution >= 0.6 is 0 Å². The summed E-state index contributed by atoms with van der Waals surface area (Å²) in [5, 5.41) is 4.79. The monoisotopic (exact) mass is 595 g/mol. The number of amidine groups is 1. The topological polar surface area (TPSA) is 123 Å². The van der Waals surface area contributed by atoms with Gasteiger partial charge in [0.25, 0.3) is 0 Å². The molecule has 0 aliphatic carbocycles. The number of hydrazone groups is 1. The molecule has 0 saturated carbocycles. The van der Waals surface area contributed by atoms with Gasteiger partial charge in [-0.1, -0.05) is 6.07 Å². The van der Waals surface area contributed by atoms with Gasteiger partial charge in [0, 0.05) is 38.3 Å². The van der Waals surface area contributed by atoms with Crippen LogP contribution in [-0.2, 0) is 28.8 Å². The van der Waals surface area contributed by atoms with Crippen molar-refractivity contribution in [2.75, 3.05) is 46.1 Å². The van der Waals surface area contributed by atoms with E-state index in [2.05, 4.69) is 15.0 Å². The van der Waals surface area contributed by atoms with Gasteiger partial charge in [-0.15, -0.1) is 5.10 Å². The molecule has 1 aromatic carbocycles. The predicted octanol–water partition coefficient (Wildman–Crippen LogP) is 3.18. The first-order chi connectivity index (χ1) is 20.0. The maximum absolute atomic E-state index is 13.3. The van der Waals surface area contributed by atoms with Crippen molar-refractivity contribution in [2.45, 2.75) is 39.2 Å². The molecule has 3 rings (SSSR count). The summed E-state index contributed by atoms with van der Waals surface area (Å²) < 4.78 is 62.5. The Morgan fingerprint density at radius 1 is 1.21 bits per heavy atom. The fourth-order valence-electron chi connectivity index (χ4n) is 4.45. The lowest BCUT2D eigenvalue weighted by Gasteiger charge is -2.39. The molecule has 1 atom stereocenters. The number of halogens is 4. The number of benzene rings is 1. The number of aromatic nitrogens is 1. The third-order valence-corrected chi connectivity index (χ3v) is 6.39. The number of carbonyl (C=O) groups excluding carboxylic acids is 1. The van der Waals surface area contributed by atoms with E-state index >= 15 is 0 Å². The van der Waals surface area contributed by atoms with E-state index in [4.69, 9.17) is 21.1 Å². The average Bonchev–Trinajstić information content (AvgIpc) is 2.92. The van der Waals surface area contributed by atoms with Crippen LogP contribution in [0.2, 0.25) is 0 Å². The van der Waals surface area contributed by atoms with Crippen molar-refractivity contribution in [2.24, 2.45) is 16.7 Å². The molecule has 1 amide bonds. The minimum absolute atomic E-state index is 0.0488. The first-order valence-corrected chi connectivity index (χ1v) is 13.4. The number of piperazine rings is 1. The number of hydrogen-bond acceptors (Lipinski definition) is 8. The summed E-state index contributed by atoms with van der Waals surface area (Å²) in [5.74, 6) is 6.29. The summed E-state index contributed by atoms with van der Waals surface area (Å²) in [6.45, 7) is 5.74. The quantitative estimate of drug-likeness (QED) is 0.0689. The maximum atomic E-state index is 13.3. The van der Waals surface area contributed by atoms with E-state index in [0.717, 1.165) is 22.9 Å². The van der Waals surface area contributed by atoms with Gasteiger partial charge in [0.05, 0.1) is 37.2 Å². The number of carbonyl (C=O) groups is 1. The molecule has 0 bridgehead atoms. The van der Waals surface area contributed by atoms with Crippen LogP contribution in [0, 0.1) is 0 Å². The lowest BCUT2D eigenvalue weighted by molar-refractivity contribution is -0.137. The standard InChI is InChI=1S/C28H37F4N7O3/c1-20-17-37(19-25-6-7-26(16-35-25)42-14-13-41-12-9-29)10-11-38(20)27(40)8-4-22-3-5-24(28(30,31)32)15-23(22)18-39(34)36-21(2)33/h3-8,15-16,20H,9-14,17-19,34H2,1-2H3,(H2,33,36)/b8-4+/t20-/m1/s1. The highest BCUT2D eigenvalue weighted by atomic mass is 19.4. The molecule has 230 valence electrons. The number of rotatable bonds is 13. The molecule has 2 aromatic rings. The van der Waals surface area contributed by atoms with Crippen molar-refractivity contribution in [1.29, 1.82) is 0 Å². The smallest absolute Gasteiger partial charge is 0.416 e. The van der Waals surface area contributed by atoms with Gasteiger partial charge in [0.15, 0.2) is 0 Å². The van der Waals surface area contributed by atoms with Crippen molar-refractivity contribution in [3.8, 4) is 5.75 Å². The number of alkyl halides is 4. The zero-order chi connectivity index (χ0) is 30.7. The molecule has 1 aromatic heterocycles. The van der Waals surface area contributed by atoms with Crippen LogP contribution in [0.3, 0.4) is 0 Å². The molecule has 1 aliphatic rings. The number of nitrogens with zero attached hydrogens (tertiary/aromatic N) is 5. The van der Waals surface area contributed by atoms with Crippen molar-refractivity contribution < 1.29 is 31.8 Å². The normalized spacial score (nSPS) is 16.7. The van der Waals surface area contributed by atoms with Gasteiger partial charge >= 0.3 is 6.18 Å². The lowest BCUT2D eigenvalue weighted by atomic mass is 10.0. The highest BCUT2D eigenvalue weighted by Crippen LogP contribution is 2.31. The Kier molecular flexibility index (Phi) is 12.1. The second-order valence-electron chi connectivity index (χ2n) is 9.83. The fraction of sp³-hybridized carbons (Fsp3) is 0.464. The highest BCUT2D eigenvalue weighted by Gasteiger charge is 2.31. The van der Waals surface area contributed by atoms with E-state index in [0.29, 0.717) is 50.7 Å². The van der Waals surface area contributed by atoms with E-state index in [9.17, 15) is 22.4 Å². The number of hydrazine groups is 1. The van der Waals surface area contributed by atoms with E-state index in [1.165, 1.54) is 25.1 Å². The summed E-state index contributed by atoms with van der Waals surface area (Å²) >= 11 is 0. The number of pyridine rings is 1. The predicted molar refractivity (Wildman–Crippen MR) is 150 cm³/mol. The van der Waals surface area contributed by atoms with E-state index in [1.807, 2.05) is 19.1 Å². The Labute approximate surface area is 242 Å². The molecule has 0 radical (unpaired) electrons. The lowest BCUT2D eigenvalue weighted by Crippen LogP contribution is -2.53. The second-order valence-corrected chi connectivity index (χ2v) is 9.83. The van der Waals surface area contributed by atoms with Gasteiger partial charge in [0.2, 0.25) is 5.91 Å². The van der Waals surface area contributed by atoms with Gasteiger partial charge in [-0.05, 0) is 55.3 Å². The summed E-state index contributed by atoms with van der Waals surface area (Å²) in [4.78, 5) is 21.4. The third kappa shape index (κ3) is 10.3. The molecule has 2 heterocycles. The van der Waals surface area contributed by atoms with Gasteiger partial charge in [0.1, 0.15) is 24.9 Å². The third-order valence-electron chi connectivity index (χ3n) is 6.39. The Balaban J connectivity index is 1.58.